The van der Waals surface area contributed by atoms with Gasteiger partial charge in [0.1, 0.15) is 5.76 Å². The second-order valence-electron chi connectivity index (χ2n) is 6.10. The molecule has 0 unspecified atom stereocenters. The van der Waals surface area contributed by atoms with E-state index in [9.17, 15) is 14.7 Å². The maximum absolute atomic E-state index is 11.8. The Morgan fingerprint density at radius 2 is 2.04 bits per heavy atom. The molecular weight excluding hydrogens is 396 g/mol. The number of carbonyl (C=O) groups excluding carboxylic acids is 2. The van der Waals surface area contributed by atoms with E-state index >= 15 is 0 Å². The van der Waals surface area contributed by atoms with Crippen molar-refractivity contribution in [2.75, 3.05) is 6.61 Å². The van der Waals surface area contributed by atoms with Gasteiger partial charge in [-0.1, -0.05) is 45.8 Å². The molecule has 1 aliphatic carbocycles. The van der Waals surface area contributed by atoms with Gasteiger partial charge in [-0.3, -0.25) is 4.79 Å². The Morgan fingerprint density at radius 1 is 1.31 bits per heavy atom. The minimum absolute atomic E-state index is 0.00120. The van der Waals surface area contributed by atoms with Gasteiger partial charge in [-0.05, 0) is 44.4 Å². The van der Waals surface area contributed by atoms with Gasteiger partial charge >= 0.3 is 5.97 Å². The van der Waals surface area contributed by atoms with Crippen molar-refractivity contribution >= 4 is 27.7 Å². The van der Waals surface area contributed by atoms with Crippen LogP contribution in [0, 0.1) is 0 Å². The number of ketones is 1. The Hall–Kier alpha value is -2.14. The van der Waals surface area contributed by atoms with Gasteiger partial charge in [0.25, 0.3) is 0 Å². The number of esters is 1. The molecule has 0 bridgehead atoms. The number of aliphatic hydroxyl groups excluding tert-OH is 1. The number of carbonyl (C=O) groups is 2. The summed E-state index contributed by atoms with van der Waals surface area (Å²) in [6, 6.07) is 7.91. The SMILES string of the molecule is CCOC(=O)/C=C/C[C@@H](C1=CC(C(C)=O)=C(O)CC1)c1ccccc1Br. The molecule has 4 nitrogen and oxygen atoms in total. The molecule has 0 saturated heterocycles. The van der Waals surface area contributed by atoms with Crippen molar-refractivity contribution < 1.29 is 19.4 Å². The molecule has 0 fully saturated rings. The van der Waals surface area contributed by atoms with Crippen LogP contribution in [0.3, 0.4) is 0 Å². The number of Topliss-reactive ketones (excluding diaryl/α,β-unsaturated/α-hetero) is 1. The Morgan fingerprint density at radius 3 is 2.69 bits per heavy atom. The number of benzene rings is 1. The summed E-state index contributed by atoms with van der Waals surface area (Å²) in [6.07, 6.45) is 6.75. The summed E-state index contributed by atoms with van der Waals surface area (Å²) in [5.41, 5.74) is 2.52. The van der Waals surface area contributed by atoms with E-state index in [2.05, 4.69) is 15.9 Å². The van der Waals surface area contributed by atoms with Gasteiger partial charge in [0.15, 0.2) is 5.78 Å². The summed E-state index contributed by atoms with van der Waals surface area (Å²) >= 11 is 3.59. The molecule has 0 aliphatic heterocycles. The lowest BCUT2D eigenvalue weighted by Crippen LogP contribution is -2.11. The third-order valence-corrected chi connectivity index (χ3v) is 5.03. The predicted molar refractivity (Wildman–Crippen MR) is 105 cm³/mol. The highest BCUT2D eigenvalue weighted by molar-refractivity contribution is 9.10. The largest absolute Gasteiger partial charge is 0.512 e. The molecule has 0 amide bonds. The first-order valence-corrected chi connectivity index (χ1v) is 9.44. The molecule has 0 aromatic heterocycles. The summed E-state index contributed by atoms with van der Waals surface area (Å²) in [5, 5.41) is 10.0. The summed E-state index contributed by atoms with van der Waals surface area (Å²) in [5.74, 6) is -0.362. The third kappa shape index (κ3) is 5.18. The second-order valence-corrected chi connectivity index (χ2v) is 6.95. The molecule has 138 valence electrons. The minimum Gasteiger partial charge on any atom is -0.512 e. The smallest absolute Gasteiger partial charge is 0.330 e. The van der Waals surface area contributed by atoms with Gasteiger partial charge < -0.3 is 9.84 Å². The number of ether oxygens (including phenoxy) is 1. The predicted octanol–water partition coefficient (Wildman–Crippen LogP) is 5.16. The fraction of sp³-hybridized carbons (Fsp3) is 0.333. The van der Waals surface area contributed by atoms with E-state index in [4.69, 9.17) is 4.74 Å². The molecule has 1 aliphatic rings. The number of hydrogen-bond donors (Lipinski definition) is 1. The summed E-state index contributed by atoms with van der Waals surface area (Å²) < 4.78 is 5.90. The van der Waals surface area contributed by atoms with Crippen LogP contribution in [0.25, 0.3) is 0 Å². The molecule has 0 spiro atoms. The zero-order valence-corrected chi connectivity index (χ0v) is 16.6. The fourth-order valence-electron chi connectivity index (χ4n) is 3.04. The van der Waals surface area contributed by atoms with Gasteiger partial charge in [0, 0.05) is 22.9 Å². The number of rotatable bonds is 7. The molecule has 0 heterocycles. The van der Waals surface area contributed by atoms with E-state index < -0.39 is 0 Å². The first-order chi connectivity index (χ1) is 12.4. The molecule has 1 N–H and O–H groups in total. The molecule has 1 aromatic carbocycles. The van der Waals surface area contributed by atoms with Crippen LogP contribution in [0.2, 0.25) is 0 Å². The second kappa shape index (κ2) is 9.53. The van der Waals surface area contributed by atoms with Gasteiger partial charge in [0.2, 0.25) is 0 Å². The van der Waals surface area contributed by atoms with Crippen LogP contribution in [0.4, 0.5) is 0 Å². The van der Waals surface area contributed by atoms with Gasteiger partial charge in [-0.15, -0.1) is 0 Å². The molecule has 2 rings (SSSR count). The van der Waals surface area contributed by atoms with E-state index in [1.807, 2.05) is 24.3 Å². The van der Waals surface area contributed by atoms with Crippen molar-refractivity contribution in [3.8, 4) is 0 Å². The van der Waals surface area contributed by atoms with Crippen molar-refractivity contribution in [3.63, 3.8) is 0 Å². The fourth-order valence-corrected chi connectivity index (χ4v) is 3.61. The Balaban J connectivity index is 2.36. The zero-order valence-electron chi connectivity index (χ0n) is 15.0. The first-order valence-electron chi connectivity index (χ1n) is 8.65. The molecule has 0 saturated carbocycles. The summed E-state index contributed by atoms with van der Waals surface area (Å²) in [7, 11) is 0. The Labute approximate surface area is 162 Å². The van der Waals surface area contributed by atoms with Crippen LogP contribution in [-0.2, 0) is 14.3 Å². The van der Waals surface area contributed by atoms with Crippen molar-refractivity contribution in [1.82, 2.24) is 0 Å². The van der Waals surface area contributed by atoms with E-state index in [0.717, 1.165) is 15.6 Å². The van der Waals surface area contributed by atoms with Gasteiger partial charge in [-0.25, -0.2) is 4.79 Å². The van der Waals surface area contributed by atoms with Crippen LogP contribution >= 0.6 is 15.9 Å². The average molecular weight is 419 g/mol. The quantitative estimate of drug-likeness (QED) is 0.490. The van der Waals surface area contributed by atoms with E-state index in [0.29, 0.717) is 31.4 Å². The first kappa shape index (κ1) is 20.2. The molecular formula is C21H23BrO4. The highest BCUT2D eigenvalue weighted by atomic mass is 79.9. The van der Waals surface area contributed by atoms with Gasteiger partial charge in [-0.2, -0.15) is 0 Å². The summed E-state index contributed by atoms with van der Waals surface area (Å²) in [4.78, 5) is 23.4. The van der Waals surface area contributed by atoms with E-state index in [-0.39, 0.29) is 23.4 Å². The van der Waals surface area contributed by atoms with Crippen molar-refractivity contribution in [2.45, 2.75) is 39.0 Å². The Bertz CT molecular complexity index is 774. The molecule has 1 atom stereocenters. The number of hydrogen-bond acceptors (Lipinski definition) is 4. The van der Waals surface area contributed by atoms with E-state index in [1.165, 1.54) is 13.0 Å². The number of allylic oxidation sites excluding steroid dienone is 5. The summed E-state index contributed by atoms with van der Waals surface area (Å²) in [6.45, 7) is 3.57. The maximum atomic E-state index is 11.8. The average Bonchev–Trinajstić information content (AvgIpc) is 2.60. The minimum atomic E-state index is -0.363. The lowest BCUT2D eigenvalue weighted by Gasteiger charge is -2.24. The Kier molecular flexibility index (Phi) is 7.39. The van der Waals surface area contributed by atoms with Crippen LogP contribution in [0.1, 0.15) is 44.6 Å². The highest BCUT2D eigenvalue weighted by Crippen LogP contribution is 2.38. The standard InChI is InChI=1S/C21H23BrO4/c1-3-26-21(25)10-6-8-16(17-7-4-5-9-19(17)22)15-11-12-20(24)18(13-15)14(2)23/h4-7,9-10,13,16,24H,3,8,11-12H2,1-2H3/b10-6+/t16-/m0/s1. The molecule has 1 aromatic rings. The monoisotopic (exact) mass is 418 g/mol. The number of aliphatic hydroxyl groups is 1. The topological polar surface area (TPSA) is 63.6 Å². The van der Waals surface area contributed by atoms with Crippen LogP contribution < -0.4 is 0 Å². The number of halogens is 1. The van der Waals surface area contributed by atoms with Crippen molar-refractivity contribution in [3.05, 3.63) is 69.4 Å². The normalized spacial score (nSPS) is 15.7. The zero-order chi connectivity index (χ0) is 19.1. The van der Waals surface area contributed by atoms with Crippen LogP contribution in [-0.4, -0.2) is 23.5 Å². The lowest BCUT2D eigenvalue weighted by molar-refractivity contribution is -0.137. The van der Waals surface area contributed by atoms with Crippen molar-refractivity contribution in [2.24, 2.45) is 0 Å². The van der Waals surface area contributed by atoms with E-state index in [1.54, 1.807) is 19.1 Å². The molecule has 0 radical (unpaired) electrons. The molecule has 5 heteroatoms. The van der Waals surface area contributed by atoms with Crippen molar-refractivity contribution in [1.29, 1.82) is 0 Å². The lowest BCUT2D eigenvalue weighted by atomic mass is 9.81. The van der Waals surface area contributed by atoms with Crippen LogP contribution in [0.15, 0.2) is 63.9 Å². The molecule has 26 heavy (non-hydrogen) atoms. The third-order valence-electron chi connectivity index (χ3n) is 4.31. The highest BCUT2D eigenvalue weighted by Gasteiger charge is 2.23. The van der Waals surface area contributed by atoms with Gasteiger partial charge in [0.05, 0.1) is 12.2 Å². The maximum Gasteiger partial charge on any atom is 0.330 e. The van der Waals surface area contributed by atoms with Crippen LogP contribution in [0.5, 0.6) is 0 Å².